The number of amides is 1. The monoisotopic (exact) mass is 534 g/mol. The molecule has 8 nitrogen and oxygen atoms in total. The lowest BCUT2D eigenvalue weighted by atomic mass is 9.97. The van der Waals surface area contributed by atoms with Crippen molar-refractivity contribution >= 4 is 15.9 Å². The average molecular weight is 535 g/mol. The number of rotatable bonds is 6. The highest BCUT2D eigenvalue weighted by Gasteiger charge is 2.39. The average Bonchev–Trinajstić information content (AvgIpc) is 2.90. The summed E-state index contributed by atoms with van der Waals surface area (Å²) >= 11 is 0. The second-order valence-electron chi connectivity index (χ2n) is 10.0. The van der Waals surface area contributed by atoms with E-state index in [0.717, 1.165) is 0 Å². The molecule has 2 aliphatic heterocycles. The summed E-state index contributed by atoms with van der Waals surface area (Å²) in [6, 6.07) is 10.1. The predicted molar refractivity (Wildman–Crippen MR) is 137 cm³/mol. The molecule has 1 N–H and O–H groups in total. The summed E-state index contributed by atoms with van der Waals surface area (Å²) in [5.41, 5.74) is 1.39. The van der Waals surface area contributed by atoms with E-state index in [0.29, 0.717) is 37.2 Å². The summed E-state index contributed by atoms with van der Waals surface area (Å²) in [5, 5.41) is 9.83. The molecule has 1 saturated heterocycles. The first-order chi connectivity index (χ1) is 17.6. The van der Waals surface area contributed by atoms with Gasteiger partial charge in [0.25, 0.3) is 0 Å². The summed E-state index contributed by atoms with van der Waals surface area (Å²) in [5.74, 6) is -0.564. The molecule has 10 heteroatoms. The molecule has 37 heavy (non-hydrogen) atoms. The summed E-state index contributed by atoms with van der Waals surface area (Å²) < 4.78 is 53.9. The highest BCUT2D eigenvalue weighted by atomic mass is 32.2. The largest absolute Gasteiger partial charge is 0.487 e. The number of aliphatic hydroxyl groups is 1. The van der Waals surface area contributed by atoms with Gasteiger partial charge in [-0.3, -0.25) is 4.79 Å². The molecule has 4 rings (SSSR count). The Labute approximate surface area is 218 Å². The van der Waals surface area contributed by atoms with Crippen LogP contribution in [0, 0.1) is 17.7 Å². The van der Waals surface area contributed by atoms with Gasteiger partial charge in [0.2, 0.25) is 15.9 Å². The Kier molecular flexibility index (Phi) is 8.52. The number of fused-ring (bicyclic) bond motifs is 1. The van der Waals surface area contributed by atoms with Crippen LogP contribution in [0.4, 0.5) is 4.39 Å². The number of carbonyl (C=O) groups excluding carboxylic acids is 1. The normalized spacial score (nSPS) is 23.3. The Bertz CT molecular complexity index is 1200. The molecule has 0 bridgehead atoms. The van der Waals surface area contributed by atoms with Crippen LogP contribution in [0.15, 0.2) is 47.4 Å². The van der Waals surface area contributed by atoms with Gasteiger partial charge in [0, 0.05) is 44.7 Å². The van der Waals surface area contributed by atoms with E-state index in [-0.39, 0.29) is 53.9 Å². The molecule has 0 spiro atoms. The van der Waals surface area contributed by atoms with Gasteiger partial charge in [-0.2, -0.15) is 4.31 Å². The molecule has 202 valence electrons. The minimum atomic E-state index is -3.98. The molecular weight excluding hydrogens is 499 g/mol. The van der Waals surface area contributed by atoms with Crippen molar-refractivity contribution in [2.75, 3.05) is 40.0 Å². The quantitative estimate of drug-likeness (QED) is 0.612. The van der Waals surface area contributed by atoms with E-state index >= 15 is 0 Å². The Morgan fingerprint density at radius 3 is 2.46 bits per heavy atom. The zero-order valence-corrected chi connectivity index (χ0v) is 22.3. The zero-order valence-electron chi connectivity index (χ0n) is 21.5. The van der Waals surface area contributed by atoms with Crippen molar-refractivity contribution in [1.82, 2.24) is 9.21 Å². The molecule has 2 aliphatic rings. The number of aliphatic hydroxyl groups excluding tert-OH is 1. The van der Waals surface area contributed by atoms with Gasteiger partial charge >= 0.3 is 0 Å². The third kappa shape index (κ3) is 5.98. The number of carbonyl (C=O) groups is 1. The van der Waals surface area contributed by atoms with Gasteiger partial charge in [-0.25, -0.2) is 12.8 Å². The minimum Gasteiger partial charge on any atom is -0.487 e. The summed E-state index contributed by atoms with van der Waals surface area (Å²) in [6.45, 7) is 4.75. The number of benzene rings is 2. The molecule has 3 atom stereocenters. The summed E-state index contributed by atoms with van der Waals surface area (Å²) in [6.07, 6.45) is 0.849. The lowest BCUT2D eigenvalue weighted by Gasteiger charge is -2.38. The van der Waals surface area contributed by atoms with Crippen molar-refractivity contribution in [1.29, 1.82) is 0 Å². The van der Waals surface area contributed by atoms with E-state index in [4.69, 9.17) is 9.47 Å². The maximum atomic E-state index is 13.7. The Morgan fingerprint density at radius 2 is 1.81 bits per heavy atom. The standard InChI is InChI=1S/C27H35FN2O6S/c1-18-15-30(19(2)17-31)37(33,34)26-9-6-22(20-4-7-23(28)8-5-20)14-24(26)36-25(18)16-29(3)27(32)21-10-12-35-13-11-21/h4-9,14,18-19,21,25,31H,10-13,15-17H2,1-3H3/t18-,19-,25-/m0/s1. The number of nitrogens with zero attached hydrogens (tertiary/aromatic N) is 2. The smallest absolute Gasteiger partial charge is 0.247 e. The van der Waals surface area contributed by atoms with E-state index in [1.54, 1.807) is 43.1 Å². The van der Waals surface area contributed by atoms with E-state index in [2.05, 4.69) is 0 Å². The van der Waals surface area contributed by atoms with Gasteiger partial charge in [0.05, 0.1) is 13.2 Å². The lowest BCUT2D eigenvalue weighted by Crippen LogP contribution is -2.50. The summed E-state index contributed by atoms with van der Waals surface area (Å²) in [7, 11) is -2.24. The fraction of sp³-hybridized carbons (Fsp3) is 0.519. The molecule has 1 amide bonds. The van der Waals surface area contributed by atoms with Crippen molar-refractivity contribution in [3.05, 3.63) is 48.3 Å². The van der Waals surface area contributed by atoms with E-state index in [1.165, 1.54) is 22.5 Å². The van der Waals surface area contributed by atoms with E-state index < -0.39 is 22.2 Å². The fourth-order valence-electron chi connectivity index (χ4n) is 4.88. The highest BCUT2D eigenvalue weighted by Crippen LogP contribution is 2.36. The van der Waals surface area contributed by atoms with Crippen LogP contribution in [0.1, 0.15) is 26.7 Å². The Balaban J connectivity index is 1.71. The maximum Gasteiger partial charge on any atom is 0.247 e. The fourth-order valence-corrected chi connectivity index (χ4v) is 6.71. The molecule has 0 aromatic heterocycles. The second-order valence-corrected chi connectivity index (χ2v) is 11.9. The van der Waals surface area contributed by atoms with Crippen LogP contribution < -0.4 is 4.74 Å². The van der Waals surface area contributed by atoms with Crippen LogP contribution in [0.25, 0.3) is 11.1 Å². The number of likely N-dealkylation sites (N-methyl/N-ethyl adjacent to an activating group) is 1. The van der Waals surface area contributed by atoms with Crippen LogP contribution in [-0.2, 0) is 19.6 Å². The van der Waals surface area contributed by atoms with Crippen LogP contribution in [0.3, 0.4) is 0 Å². The number of hydrogen-bond donors (Lipinski definition) is 1. The van der Waals surface area contributed by atoms with Gasteiger partial charge in [-0.1, -0.05) is 25.1 Å². The number of sulfonamides is 1. The molecule has 0 aliphatic carbocycles. The highest BCUT2D eigenvalue weighted by molar-refractivity contribution is 7.89. The third-order valence-electron chi connectivity index (χ3n) is 7.25. The van der Waals surface area contributed by atoms with E-state index in [9.17, 15) is 22.7 Å². The third-order valence-corrected chi connectivity index (χ3v) is 9.26. The minimum absolute atomic E-state index is 0.00558. The number of hydrogen-bond acceptors (Lipinski definition) is 6. The van der Waals surface area contributed by atoms with Crippen molar-refractivity contribution in [3.8, 4) is 16.9 Å². The first-order valence-corrected chi connectivity index (χ1v) is 14.1. The van der Waals surface area contributed by atoms with Gasteiger partial charge in [0.15, 0.2) is 0 Å². The Morgan fingerprint density at radius 1 is 1.16 bits per heavy atom. The second kappa shape index (κ2) is 11.5. The summed E-state index contributed by atoms with van der Waals surface area (Å²) in [4.78, 5) is 14.8. The molecule has 0 radical (unpaired) electrons. The number of halogens is 1. The Hall–Kier alpha value is -2.53. The molecule has 0 saturated carbocycles. The van der Waals surface area contributed by atoms with Crippen molar-refractivity contribution < 1.29 is 32.2 Å². The van der Waals surface area contributed by atoms with Gasteiger partial charge in [-0.05, 0) is 55.2 Å². The van der Waals surface area contributed by atoms with Crippen molar-refractivity contribution in [2.24, 2.45) is 11.8 Å². The van der Waals surface area contributed by atoms with Crippen LogP contribution >= 0.6 is 0 Å². The molecule has 2 aromatic rings. The zero-order chi connectivity index (χ0) is 26.7. The lowest BCUT2D eigenvalue weighted by molar-refractivity contribution is -0.138. The SMILES string of the molecule is C[C@H]1CN([C@@H](C)CO)S(=O)(=O)c2ccc(-c3ccc(F)cc3)cc2O[C@H]1CN(C)C(=O)C1CCOCC1. The van der Waals surface area contributed by atoms with Gasteiger partial charge in [0.1, 0.15) is 22.6 Å². The predicted octanol–water partition coefficient (Wildman–Crippen LogP) is 3.15. The van der Waals surface area contributed by atoms with Crippen molar-refractivity contribution in [2.45, 2.75) is 43.7 Å². The topological polar surface area (TPSA) is 96.4 Å². The van der Waals surface area contributed by atoms with Crippen LogP contribution in [-0.4, -0.2) is 80.7 Å². The van der Waals surface area contributed by atoms with E-state index in [1.807, 2.05) is 6.92 Å². The maximum absolute atomic E-state index is 13.7. The van der Waals surface area contributed by atoms with Crippen LogP contribution in [0.5, 0.6) is 5.75 Å². The molecule has 0 unspecified atom stereocenters. The molecule has 2 aromatic carbocycles. The van der Waals surface area contributed by atoms with Gasteiger partial charge < -0.3 is 19.5 Å². The van der Waals surface area contributed by atoms with Gasteiger partial charge in [-0.15, -0.1) is 0 Å². The molecule has 1 fully saturated rings. The first-order valence-electron chi connectivity index (χ1n) is 12.6. The van der Waals surface area contributed by atoms with Crippen LogP contribution in [0.2, 0.25) is 0 Å². The molecule has 2 heterocycles. The first kappa shape index (κ1) is 27.5. The molecular formula is C27H35FN2O6S. The van der Waals surface area contributed by atoms with Crippen molar-refractivity contribution in [3.63, 3.8) is 0 Å². The number of ether oxygens (including phenoxy) is 2.